The first kappa shape index (κ1) is 32.2. The van der Waals surface area contributed by atoms with Gasteiger partial charge in [-0.25, -0.2) is 27.3 Å². The zero-order valence-corrected chi connectivity index (χ0v) is 26.3. The van der Waals surface area contributed by atoms with Gasteiger partial charge in [0.2, 0.25) is 0 Å². The van der Waals surface area contributed by atoms with Gasteiger partial charge in [-0.15, -0.1) is 0 Å². The van der Waals surface area contributed by atoms with Gasteiger partial charge in [0.05, 0.1) is 0 Å². The third kappa shape index (κ3) is 6.44. The van der Waals surface area contributed by atoms with Crippen LogP contribution in [0.3, 0.4) is 0 Å². The number of hydrogen-bond donors (Lipinski definition) is 0. The van der Waals surface area contributed by atoms with E-state index in [2.05, 4.69) is 6.92 Å². The van der Waals surface area contributed by atoms with E-state index >= 15 is 0 Å². The van der Waals surface area contributed by atoms with E-state index in [9.17, 15) is 9.59 Å². The topological polar surface area (TPSA) is 47.1 Å². The molecule has 2 aliphatic heterocycles. The maximum atomic E-state index is 13.0. The van der Waals surface area contributed by atoms with Gasteiger partial charge >= 0.3 is 12.1 Å². The lowest BCUT2D eigenvalue weighted by atomic mass is 9.73. The highest BCUT2D eigenvalue weighted by Crippen LogP contribution is 2.62. The molecule has 4 amide bonds. The predicted molar refractivity (Wildman–Crippen MR) is 158 cm³/mol. The number of unbranched alkanes of at least 4 members (excludes halogenated alkanes) is 15. The van der Waals surface area contributed by atoms with Crippen LogP contribution in [0.4, 0.5) is 9.59 Å². The summed E-state index contributed by atoms with van der Waals surface area (Å²) in [6.45, 7) is 2.27. The van der Waals surface area contributed by atoms with Crippen LogP contribution >= 0.6 is 47.1 Å². The summed E-state index contributed by atoms with van der Waals surface area (Å²) in [5.74, 6) is -0.104. The predicted octanol–water partition coefficient (Wildman–Crippen LogP) is 10.7. The molecule has 0 atom stereocenters. The third-order valence-corrected chi connectivity index (χ3v) is 10.7. The molecule has 3 rings (SSSR count). The number of nitrogens with zero attached hydrogens (tertiary/aromatic N) is 4. The highest BCUT2D eigenvalue weighted by molar-refractivity contribution is 6.35. The molecule has 2 saturated heterocycles. The van der Waals surface area contributed by atoms with Crippen LogP contribution in [0.25, 0.3) is 0 Å². The maximum Gasteiger partial charge on any atom is 0.353 e. The van der Waals surface area contributed by atoms with Crippen molar-refractivity contribution in [3.8, 4) is 0 Å². The van der Waals surface area contributed by atoms with Crippen LogP contribution in [0.2, 0.25) is 0 Å². The second-order valence-corrected chi connectivity index (χ2v) is 13.0. The maximum absolute atomic E-state index is 13.0. The Morgan fingerprint density at radius 1 is 0.579 bits per heavy atom. The molecule has 2 heterocycles. The lowest BCUT2D eigenvalue weighted by Gasteiger charge is -2.48. The number of rotatable bonds is 18. The SMILES string of the molecule is CCCCCCCCCCCCCCCCCCC12N(Cl)C(=O)N(Cl)C1(C1CCCCC1)N(Cl)C(=O)N2Cl. The summed E-state index contributed by atoms with van der Waals surface area (Å²) in [5.41, 5.74) is -2.62. The second-order valence-electron chi connectivity index (χ2n) is 11.6. The van der Waals surface area contributed by atoms with Crippen LogP contribution in [0.15, 0.2) is 0 Å². The van der Waals surface area contributed by atoms with Gasteiger partial charge in [-0.3, -0.25) is 0 Å². The molecule has 3 aliphatic rings. The first-order valence-corrected chi connectivity index (χ1v) is 16.6. The fourth-order valence-corrected chi connectivity index (χ4v) is 8.70. The largest absolute Gasteiger partial charge is 0.353 e. The fraction of sp³-hybridized carbons (Fsp3) is 0.929. The van der Waals surface area contributed by atoms with E-state index in [0.29, 0.717) is 6.42 Å². The molecule has 6 nitrogen and oxygen atoms in total. The molecular formula is C28H48Cl4N4O2. The van der Waals surface area contributed by atoms with E-state index in [-0.39, 0.29) is 5.92 Å². The molecule has 0 radical (unpaired) electrons. The van der Waals surface area contributed by atoms with Crippen LogP contribution in [0.5, 0.6) is 0 Å². The van der Waals surface area contributed by atoms with E-state index in [1.165, 1.54) is 83.5 Å². The highest BCUT2D eigenvalue weighted by Gasteiger charge is 2.81. The van der Waals surface area contributed by atoms with Crippen molar-refractivity contribution in [1.29, 1.82) is 0 Å². The lowest BCUT2D eigenvalue weighted by Crippen LogP contribution is -2.67. The van der Waals surface area contributed by atoms with Gasteiger partial charge in [0, 0.05) is 53.0 Å². The molecule has 1 saturated carbocycles. The smallest absolute Gasteiger partial charge is 0.245 e. The van der Waals surface area contributed by atoms with Gasteiger partial charge in [-0.2, -0.15) is 0 Å². The molecule has 0 unspecified atom stereocenters. The Morgan fingerprint density at radius 2 is 0.947 bits per heavy atom. The standard InChI is InChI=1S/C28H48Cl4N4O2/c1-2-3-4-5-6-7-8-9-10-11-12-13-14-15-16-20-23-27-28(24-21-18-17-19-22-24,35(31)25(37)33(27)29)36(32)26(38)34(27)30/h24H,2-23H2,1H3. The number of carbonyl (C=O) groups excluding carboxylic acids is 2. The number of carbonyl (C=O) groups is 2. The molecule has 3 fully saturated rings. The first-order valence-electron chi connectivity index (χ1n) is 15.3. The Balaban J connectivity index is 1.41. The summed E-state index contributed by atoms with van der Waals surface area (Å²) in [5, 5.41) is 0. The first-order chi connectivity index (χ1) is 18.4. The van der Waals surface area contributed by atoms with Crippen LogP contribution in [-0.2, 0) is 0 Å². The molecule has 0 aromatic rings. The minimum Gasteiger partial charge on any atom is -0.245 e. The number of hydrogen-bond acceptors (Lipinski definition) is 2. The molecule has 10 heteroatoms. The fourth-order valence-electron chi connectivity index (χ4n) is 6.97. The number of amides is 4. The number of urea groups is 2. The van der Waals surface area contributed by atoms with Crippen molar-refractivity contribution >= 4 is 59.2 Å². The monoisotopic (exact) mass is 612 g/mol. The summed E-state index contributed by atoms with van der Waals surface area (Å²) in [6, 6.07) is -1.17. The molecule has 1 aliphatic carbocycles. The van der Waals surface area contributed by atoms with Gasteiger partial charge in [0.1, 0.15) is 0 Å². The van der Waals surface area contributed by atoms with Crippen molar-refractivity contribution in [2.45, 2.75) is 160 Å². The van der Waals surface area contributed by atoms with E-state index in [1.807, 2.05) is 0 Å². The van der Waals surface area contributed by atoms with Gasteiger partial charge in [-0.05, 0) is 25.7 Å². The minimum absolute atomic E-state index is 0.104. The summed E-state index contributed by atoms with van der Waals surface area (Å²) in [7, 11) is 0. The molecule has 38 heavy (non-hydrogen) atoms. The van der Waals surface area contributed by atoms with Crippen molar-refractivity contribution in [3.63, 3.8) is 0 Å². The van der Waals surface area contributed by atoms with Crippen molar-refractivity contribution in [1.82, 2.24) is 17.7 Å². The van der Waals surface area contributed by atoms with Gasteiger partial charge in [0.25, 0.3) is 0 Å². The van der Waals surface area contributed by atoms with Crippen LogP contribution in [-0.4, -0.2) is 41.1 Å². The summed E-state index contributed by atoms with van der Waals surface area (Å²) < 4.78 is 4.17. The highest BCUT2D eigenvalue weighted by atomic mass is 35.5. The summed E-state index contributed by atoms with van der Waals surface area (Å²) >= 11 is 26.5. The molecule has 0 N–H and O–H groups in total. The minimum atomic E-state index is -1.31. The Kier molecular flexibility index (Phi) is 13.3. The van der Waals surface area contributed by atoms with E-state index in [1.54, 1.807) is 0 Å². The Morgan fingerprint density at radius 3 is 1.34 bits per heavy atom. The normalized spacial score (nSPS) is 26.2. The summed E-state index contributed by atoms with van der Waals surface area (Å²) in [4.78, 5) is 26.1. The number of fused-ring (bicyclic) bond motifs is 1. The number of halogens is 4. The van der Waals surface area contributed by atoms with Crippen LogP contribution in [0, 0.1) is 5.92 Å². The van der Waals surface area contributed by atoms with Crippen molar-refractivity contribution in [3.05, 3.63) is 0 Å². The Bertz CT molecular complexity index is 724. The van der Waals surface area contributed by atoms with E-state index in [4.69, 9.17) is 47.1 Å². The molecule has 0 spiro atoms. The van der Waals surface area contributed by atoms with Crippen LogP contribution < -0.4 is 0 Å². The Labute approximate surface area is 251 Å². The molecule has 0 aromatic heterocycles. The average molecular weight is 615 g/mol. The lowest BCUT2D eigenvalue weighted by molar-refractivity contribution is -0.0348. The molecule has 220 valence electrons. The second kappa shape index (κ2) is 15.6. The average Bonchev–Trinajstić information content (AvgIpc) is 3.21. The molecular weight excluding hydrogens is 566 g/mol. The van der Waals surface area contributed by atoms with Crippen LogP contribution in [0.1, 0.15) is 148 Å². The summed E-state index contributed by atoms with van der Waals surface area (Å²) in [6.07, 6.45) is 25.5. The Hall–Kier alpha value is -0.300. The molecule has 0 bridgehead atoms. The van der Waals surface area contributed by atoms with Gasteiger partial charge in [-0.1, -0.05) is 122 Å². The van der Waals surface area contributed by atoms with Crippen molar-refractivity contribution < 1.29 is 9.59 Å². The van der Waals surface area contributed by atoms with Crippen molar-refractivity contribution in [2.24, 2.45) is 5.92 Å². The van der Waals surface area contributed by atoms with Gasteiger partial charge < -0.3 is 0 Å². The quantitative estimate of drug-likeness (QED) is 0.114. The zero-order valence-electron chi connectivity index (χ0n) is 23.3. The third-order valence-electron chi connectivity index (χ3n) is 9.06. The molecule has 0 aromatic carbocycles. The van der Waals surface area contributed by atoms with Gasteiger partial charge in [0.15, 0.2) is 11.3 Å². The van der Waals surface area contributed by atoms with E-state index in [0.717, 1.165) is 69.0 Å². The van der Waals surface area contributed by atoms with Crippen molar-refractivity contribution in [2.75, 3.05) is 0 Å². The zero-order chi connectivity index (χ0) is 27.6. The van der Waals surface area contributed by atoms with E-state index < -0.39 is 23.4 Å².